The Balaban J connectivity index is 1.74. The second-order valence-corrected chi connectivity index (χ2v) is 6.69. The summed E-state index contributed by atoms with van der Waals surface area (Å²) in [6.07, 6.45) is 1.59. The number of nitro groups is 1. The molecule has 0 aliphatic rings. The summed E-state index contributed by atoms with van der Waals surface area (Å²) in [5.74, 6) is -0.424. The molecule has 0 bridgehead atoms. The molecule has 3 aromatic rings. The van der Waals surface area contributed by atoms with Crippen molar-refractivity contribution in [1.82, 2.24) is 4.57 Å². The lowest BCUT2D eigenvalue weighted by molar-refractivity contribution is -0.384. The van der Waals surface area contributed by atoms with Crippen molar-refractivity contribution in [2.75, 3.05) is 19.0 Å². The number of hydrogen-bond donors (Lipinski definition) is 1. The third kappa shape index (κ3) is 4.24. The number of benzene rings is 1. The van der Waals surface area contributed by atoms with Gasteiger partial charge in [0.2, 0.25) is 5.78 Å². The molecular weight excluding hydrogens is 390 g/mol. The summed E-state index contributed by atoms with van der Waals surface area (Å²) in [6.45, 7) is 3.69. The molecule has 0 unspecified atom stereocenters. The zero-order valence-corrected chi connectivity index (χ0v) is 16.8. The van der Waals surface area contributed by atoms with E-state index in [9.17, 15) is 19.7 Å². The van der Waals surface area contributed by atoms with Crippen molar-refractivity contribution in [3.8, 4) is 0 Å². The minimum Gasteiger partial charge on any atom is -0.467 e. The molecule has 1 N–H and O–H groups in total. The van der Waals surface area contributed by atoms with Gasteiger partial charge in [-0.3, -0.25) is 14.9 Å². The van der Waals surface area contributed by atoms with Gasteiger partial charge in [-0.25, -0.2) is 4.79 Å². The monoisotopic (exact) mass is 411 g/mol. The van der Waals surface area contributed by atoms with Gasteiger partial charge in [0, 0.05) is 41.8 Å². The number of carbonyl (C=O) groups is 2. The van der Waals surface area contributed by atoms with Crippen molar-refractivity contribution < 1.29 is 23.7 Å². The fraction of sp³-hybridized carbons (Fsp3) is 0.238. The number of anilines is 1. The van der Waals surface area contributed by atoms with Crippen molar-refractivity contribution in [1.29, 1.82) is 0 Å². The molecule has 0 amide bonds. The number of non-ortho nitro benzene ring substituents is 1. The van der Waals surface area contributed by atoms with Crippen LogP contribution in [0.3, 0.4) is 0 Å². The van der Waals surface area contributed by atoms with E-state index in [1.54, 1.807) is 25.4 Å². The largest absolute Gasteiger partial charge is 0.467 e. The van der Waals surface area contributed by atoms with Crippen LogP contribution in [0, 0.1) is 24.0 Å². The first-order valence-corrected chi connectivity index (χ1v) is 9.17. The van der Waals surface area contributed by atoms with Gasteiger partial charge in [0.25, 0.3) is 5.69 Å². The molecule has 2 heterocycles. The Morgan fingerprint density at radius 2 is 1.97 bits per heavy atom. The normalized spacial score (nSPS) is 10.6. The number of ether oxygens (including phenoxy) is 1. The number of Topliss-reactive ketones (excluding diaryl/α,β-unsaturated/α-hetero) is 1. The Hall–Kier alpha value is -3.88. The number of aryl methyl sites for hydroxylation is 1. The summed E-state index contributed by atoms with van der Waals surface area (Å²) in [5.41, 5.74) is 2.16. The standard InChI is InChI=1S/C21H21N3O6/c1-13-9-17(14(2)23(13)11-16-5-4-8-29-16)20(25)12-30-21(26)18-10-15(24(27)28)6-7-19(18)22-3/h4-10,22H,11-12H2,1-3H3. The lowest BCUT2D eigenvalue weighted by Gasteiger charge is -2.10. The van der Waals surface area contributed by atoms with Gasteiger partial charge in [-0.1, -0.05) is 0 Å². The highest BCUT2D eigenvalue weighted by Gasteiger charge is 2.21. The number of nitrogens with zero attached hydrogens (tertiary/aromatic N) is 2. The van der Waals surface area contributed by atoms with Crippen LogP contribution < -0.4 is 5.32 Å². The van der Waals surface area contributed by atoms with Crippen LogP contribution >= 0.6 is 0 Å². The fourth-order valence-electron chi connectivity index (χ4n) is 3.20. The van der Waals surface area contributed by atoms with Crippen LogP contribution in [-0.4, -0.2) is 34.9 Å². The van der Waals surface area contributed by atoms with E-state index in [0.29, 0.717) is 17.8 Å². The average Bonchev–Trinajstić information content (AvgIpc) is 3.35. The summed E-state index contributed by atoms with van der Waals surface area (Å²) in [7, 11) is 1.58. The lowest BCUT2D eigenvalue weighted by Crippen LogP contribution is -2.16. The van der Waals surface area contributed by atoms with Crippen LogP contribution in [0.5, 0.6) is 0 Å². The summed E-state index contributed by atoms with van der Waals surface area (Å²) < 4.78 is 12.5. The van der Waals surface area contributed by atoms with Crippen molar-refractivity contribution in [3.05, 3.63) is 81.1 Å². The third-order valence-corrected chi connectivity index (χ3v) is 4.81. The molecule has 0 fully saturated rings. The average molecular weight is 411 g/mol. The molecule has 3 rings (SSSR count). The van der Waals surface area contributed by atoms with E-state index >= 15 is 0 Å². The number of hydrogen-bond acceptors (Lipinski definition) is 7. The molecule has 0 saturated heterocycles. The maximum absolute atomic E-state index is 12.7. The number of esters is 1. The van der Waals surface area contributed by atoms with Crippen molar-refractivity contribution in [3.63, 3.8) is 0 Å². The van der Waals surface area contributed by atoms with Crippen LogP contribution in [0.1, 0.15) is 37.9 Å². The predicted octanol–water partition coefficient (Wildman–Crippen LogP) is 3.74. The number of ketones is 1. The minimum atomic E-state index is -0.819. The minimum absolute atomic E-state index is 0.0113. The van der Waals surface area contributed by atoms with Gasteiger partial charge in [-0.05, 0) is 38.1 Å². The van der Waals surface area contributed by atoms with Gasteiger partial charge in [-0.15, -0.1) is 0 Å². The van der Waals surface area contributed by atoms with E-state index in [4.69, 9.17) is 9.15 Å². The van der Waals surface area contributed by atoms with Gasteiger partial charge in [0.05, 0.1) is 23.3 Å². The quantitative estimate of drug-likeness (QED) is 0.260. The van der Waals surface area contributed by atoms with Crippen LogP contribution in [0.2, 0.25) is 0 Å². The Morgan fingerprint density at radius 3 is 2.60 bits per heavy atom. The summed E-state index contributed by atoms with van der Waals surface area (Å²) in [4.78, 5) is 35.5. The molecule has 156 valence electrons. The van der Waals surface area contributed by atoms with E-state index in [0.717, 1.165) is 23.2 Å². The molecular formula is C21H21N3O6. The predicted molar refractivity (Wildman–Crippen MR) is 109 cm³/mol. The highest BCUT2D eigenvalue weighted by atomic mass is 16.6. The number of carbonyl (C=O) groups excluding carboxylic acids is 2. The van der Waals surface area contributed by atoms with Crippen molar-refractivity contribution in [2.24, 2.45) is 0 Å². The highest BCUT2D eigenvalue weighted by molar-refractivity contribution is 6.02. The second kappa shape index (κ2) is 8.64. The molecule has 0 aliphatic carbocycles. The molecule has 30 heavy (non-hydrogen) atoms. The third-order valence-electron chi connectivity index (χ3n) is 4.81. The molecule has 0 saturated carbocycles. The molecule has 0 aliphatic heterocycles. The van der Waals surface area contributed by atoms with Gasteiger partial charge in [0.1, 0.15) is 5.76 Å². The number of furan rings is 1. The van der Waals surface area contributed by atoms with E-state index in [2.05, 4.69) is 5.32 Å². The SMILES string of the molecule is CNc1ccc([N+](=O)[O-])cc1C(=O)OCC(=O)c1cc(C)n(Cc2ccco2)c1C. The lowest BCUT2D eigenvalue weighted by atomic mass is 10.1. The highest BCUT2D eigenvalue weighted by Crippen LogP contribution is 2.23. The number of aromatic nitrogens is 1. The molecule has 1 aromatic carbocycles. The van der Waals surface area contributed by atoms with Gasteiger partial charge in [-0.2, -0.15) is 0 Å². The first-order chi connectivity index (χ1) is 14.3. The molecule has 2 aromatic heterocycles. The smallest absolute Gasteiger partial charge is 0.340 e. The number of nitro benzene ring substituents is 1. The number of nitrogens with one attached hydrogen (secondary N) is 1. The maximum Gasteiger partial charge on any atom is 0.340 e. The Labute approximate surface area is 172 Å². The Kier molecular flexibility index (Phi) is 6.01. The second-order valence-electron chi connectivity index (χ2n) is 6.69. The molecule has 0 radical (unpaired) electrons. The molecule has 0 spiro atoms. The van der Waals surface area contributed by atoms with Crippen molar-refractivity contribution in [2.45, 2.75) is 20.4 Å². The zero-order valence-electron chi connectivity index (χ0n) is 16.8. The fourth-order valence-corrected chi connectivity index (χ4v) is 3.20. The molecule has 9 heteroatoms. The van der Waals surface area contributed by atoms with E-state index in [1.807, 2.05) is 24.5 Å². The van der Waals surface area contributed by atoms with Gasteiger partial charge < -0.3 is 19.0 Å². The summed E-state index contributed by atoms with van der Waals surface area (Å²) >= 11 is 0. The van der Waals surface area contributed by atoms with Crippen LogP contribution in [0.25, 0.3) is 0 Å². The van der Waals surface area contributed by atoms with Gasteiger partial charge >= 0.3 is 5.97 Å². The first kappa shape index (κ1) is 20.8. The molecule has 9 nitrogen and oxygen atoms in total. The van der Waals surface area contributed by atoms with Crippen LogP contribution in [0.15, 0.2) is 47.1 Å². The maximum atomic E-state index is 12.7. The Morgan fingerprint density at radius 1 is 1.20 bits per heavy atom. The number of rotatable bonds is 8. The summed E-state index contributed by atoms with van der Waals surface area (Å²) in [5, 5.41) is 13.8. The summed E-state index contributed by atoms with van der Waals surface area (Å²) in [6, 6.07) is 9.19. The van der Waals surface area contributed by atoms with Crippen molar-refractivity contribution >= 4 is 23.1 Å². The zero-order chi connectivity index (χ0) is 21.8. The first-order valence-electron chi connectivity index (χ1n) is 9.17. The van der Waals surface area contributed by atoms with Crippen LogP contribution in [-0.2, 0) is 11.3 Å². The topological polar surface area (TPSA) is 117 Å². The van der Waals surface area contributed by atoms with Gasteiger partial charge in [0.15, 0.2) is 6.61 Å². The molecule has 0 atom stereocenters. The van der Waals surface area contributed by atoms with E-state index < -0.39 is 17.5 Å². The Bertz CT molecular complexity index is 1100. The van der Waals surface area contributed by atoms with Crippen LogP contribution in [0.4, 0.5) is 11.4 Å². The van der Waals surface area contributed by atoms with E-state index in [1.165, 1.54) is 12.1 Å². The van der Waals surface area contributed by atoms with E-state index in [-0.39, 0.29) is 17.0 Å².